The van der Waals surface area contributed by atoms with Crippen molar-refractivity contribution in [3.63, 3.8) is 0 Å². The van der Waals surface area contributed by atoms with Gasteiger partial charge in [0.15, 0.2) is 11.6 Å². The van der Waals surface area contributed by atoms with Crippen molar-refractivity contribution in [1.29, 1.82) is 0 Å². The summed E-state index contributed by atoms with van der Waals surface area (Å²) in [6.07, 6.45) is 4.81. The lowest BCUT2D eigenvalue weighted by Crippen LogP contribution is -2.25. The Balaban J connectivity index is 1.72. The summed E-state index contributed by atoms with van der Waals surface area (Å²) < 4.78 is 27.2. The molecule has 0 amide bonds. The Hall–Kier alpha value is -2.15. The minimum Gasteiger partial charge on any atom is -0.355 e. The molecular formula is C17H22N4O2S. The number of aryl methyl sites for hydroxylation is 1. The van der Waals surface area contributed by atoms with E-state index >= 15 is 0 Å². The van der Waals surface area contributed by atoms with E-state index in [1.807, 2.05) is 13.0 Å². The molecule has 3 rings (SSSR count). The van der Waals surface area contributed by atoms with Crippen molar-refractivity contribution in [3.8, 4) is 0 Å². The number of sulfonamides is 1. The Morgan fingerprint density at radius 3 is 2.17 bits per heavy atom. The van der Waals surface area contributed by atoms with E-state index in [0.29, 0.717) is 0 Å². The fraction of sp³-hybridized carbons (Fsp3) is 0.412. The van der Waals surface area contributed by atoms with Crippen LogP contribution >= 0.6 is 0 Å². The molecule has 1 aliphatic rings. The van der Waals surface area contributed by atoms with Crippen LogP contribution in [0.1, 0.15) is 31.2 Å². The zero-order chi connectivity index (χ0) is 17.0. The molecule has 0 aliphatic carbocycles. The van der Waals surface area contributed by atoms with Gasteiger partial charge in [0, 0.05) is 13.1 Å². The Bertz CT molecular complexity index is 765. The van der Waals surface area contributed by atoms with Gasteiger partial charge in [-0.2, -0.15) is 0 Å². The summed E-state index contributed by atoms with van der Waals surface area (Å²) in [4.78, 5) is 2.42. The normalized spacial score (nSPS) is 15.8. The molecule has 1 fully saturated rings. The molecule has 1 saturated heterocycles. The third-order valence-corrected chi connectivity index (χ3v) is 5.52. The Kier molecular flexibility index (Phi) is 4.99. The molecule has 1 aromatic carbocycles. The fourth-order valence-electron chi connectivity index (χ4n) is 2.76. The van der Waals surface area contributed by atoms with Gasteiger partial charge in [-0.3, -0.25) is 4.72 Å². The average molecular weight is 346 g/mol. The van der Waals surface area contributed by atoms with Gasteiger partial charge >= 0.3 is 0 Å². The zero-order valence-electron chi connectivity index (χ0n) is 13.8. The molecule has 1 aliphatic heterocycles. The lowest BCUT2D eigenvalue weighted by molar-refractivity contribution is 0.601. The van der Waals surface area contributed by atoms with Crippen LogP contribution in [0.25, 0.3) is 0 Å². The highest BCUT2D eigenvalue weighted by Gasteiger charge is 2.16. The quantitative estimate of drug-likeness (QED) is 0.921. The summed E-state index contributed by atoms with van der Waals surface area (Å²) in [7, 11) is -3.64. The van der Waals surface area contributed by atoms with Crippen LogP contribution in [0, 0.1) is 6.92 Å². The first-order valence-electron chi connectivity index (χ1n) is 8.23. The highest BCUT2D eigenvalue weighted by atomic mass is 32.2. The van der Waals surface area contributed by atoms with E-state index in [-0.39, 0.29) is 10.7 Å². The molecule has 0 saturated carbocycles. The van der Waals surface area contributed by atoms with E-state index in [0.717, 1.165) is 37.3 Å². The fourth-order valence-corrected chi connectivity index (χ4v) is 3.76. The molecule has 1 N–H and O–H groups in total. The maximum absolute atomic E-state index is 12.4. The molecule has 24 heavy (non-hydrogen) atoms. The molecule has 2 aromatic rings. The van der Waals surface area contributed by atoms with Crippen molar-refractivity contribution < 1.29 is 8.42 Å². The van der Waals surface area contributed by atoms with Crippen molar-refractivity contribution in [2.75, 3.05) is 22.7 Å². The van der Waals surface area contributed by atoms with Crippen LogP contribution < -0.4 is 9.62 Å². The predicted molar refractivity (Wildman–Crippen MR) is 94.7 cm³/mol. The summed E-state index contributed by atoms with van der Waals surface area (Å²) in [5.74, 6) is 1.03. The number of rotatable bonds is 4. The number of hydrogen-bond acceptors (Lipinski definition) is 5. The topological polar surface area (TPSA) is 75.2 Å². The van der Waals surface area contributed by atoms with E-state index in [1.165, 1.54) is 12.8 Å². The molecule has 128 valence electrons. The van der Waals surface area contributed by atoms with Gasteiger partial charge < -0.3 is 4.90 Å². The minimum atomic E-state index is -3.64. The first-order valence-corrected chi connectivity index (χ1v) is 9.71. The molecule has 6 nitrogen and oxygen atoms in total. The van der Waals surface area contributed by atoms with Gasteiger partial charge in [0.1, 0.15) is 0 Å². The van der Waals surface area contributed by atoms with Gasteiger partial charge in [-0.1, -0.05) is 30.5 Å². The summed E-state index contributed by atoms with van der Waals surface area (Å²) in [5, 5.41) is 8.22. The van der Waals surface area contributed by atoms with Crippen LogP contribution in [-0.4, -0.2) is 31.7 Å². The number of aromatic nitrogens is 2. The monoisotopic (exact) mass is 346 g/mol. The van der Waals surface area contributed by atoms with Gasteiger partial charge in [0.05, 0.1) is 4.90 Å². The number of anilines is 2. The lowest BCUT2D eigenvalue weighted by atomic mass is 10.2. The summed E-state index contributed by atoms with van der Waals surface area (Å²) in [6.45, 7) is 3.86. The maximum atomic E-state index is 12.4. The second kappa shape index (κ2) is 7.17. The average Bonchev–Trinajstić information content (AvgIpc) is 2.85. The Morgan fingerprint density at radius 1 is 0.917 bits per heavy atom. The van der Waals surface area contributed by atoms with Crippen molar-refractivity contribution >= 4 is 21.7 Å². The molecule has 0 unspecified atom stereocenters. The zero-order valence-corrected chi connectivity index (χ0v) is 14.6. The van der Waals surface area contributed by atoms with E-state index in [4.69, 9.17) is 0 Å². The maximum Gasteiger partial charge on any atom is 0.263 e. The third-order valence-electron chi connectivity index (χ3n) is 4.15. The smallest absolute Gasteiger partial charge is 0.263 e. The number of nitrogens with one attached hydrogen (secondary N) is 1. The number of nitrogens with zero attached hydrogens (tertiary/aromatic N) is 3. The van der Waals surface area contributed by atoms with Crippen LogP contribution in [-0.2, 0) is 10.0 Å². The Morgan fingerprint density at radius 2 is 1.58 bits per heavy atom. The first-order chi connectivity index (χ1) is 11.5. The van der Waals surface area contributed by atoms with Crippen molar-refractivity contribution in [2.45, 2.75) is 37.5 Å². The molecule has 0 atom stereocenters. The third kappa shape index (κ3) is 4.03. The van der Waals surface area contributed by atoms with E-state index in [2.05, 4.69) is 19.8 Å². The number of hydrogen-bond donors (Lipinski definition) is 1. The molecule has 0 bridgehead atoms. The van der Waals surface area contributed by atoms with Crippen molar-refractivity contribution in [1.82, 2.24) is 10.2 Å². The lowest BCUT2D eigenvalue weighted by Gasteiger charge is -2.20. The van der Waals surface area contributed by atoms with E-state index in [9.17, 15) is 8.42 Å². The standard InChI is InChI=1S/C17H22N4O2S/c1-14-6-8-15(9-7-14)24(22,23)20-16-10-11-17(19-18-16)21-12-4-2-3-5-13-21/h6-11H,2-5,12-13H2,1H3,(H,18,20). The highest BCUT2D eigenvalue weighted by molar-refractivity contribution is 7.92. The number of benzene rings is 1. The van der Waals surface area contributed by atoms with Crippen LogP contribution in [0.3, 0.4) is 0 Å². The van der Waals surface area contributed by atoms with Crippen LogP contribution in [0.2, 0.25) is 0 Å². The molecule has 0 spiro atoms. The minimum absolute atomic E-state index is 0.214. The highest BCUT2D eigenvalue weighted by Crippen LogP contribution is 2.19. The molecular weight excluding hydrogens is 324 g/mol. The van der Waals surface area contributed by atoms with E-state index in [1.54, 1.807) is 30.3 Å². The van der Waals surface area contributed by atoms with E-state index < -0.39 is 10.0 Å². The molecule has 0 radical (unpaired) electrons. The first kappa shape index (κ1) is 16.7. The van der Waals surface area contributed by atoms with Gasteiger partial charge in [0.2, 0.25) is 0 Å². The second-order valence-electron chi connectivity index (χ2n) is 6.10. The van der Waals surface area contributed by atoms with Crippen molar-refractivity contribution in [3.05, 3.63) is 42.0 Å². The van der Waals surface area contributed by atoms with Crippen LogP contribution in [0.5, 0.6) is 0 Å². The van der Waals surface area contributed by atoms with Crippen molar-refractivity contribution in [2.24, 2.45) is 0 Å². The van der Waals surface area contributed by atoms with Gasteiger partial charge in [-0.25, -0.2) is 8.42 Å². The van der Waals surface area contributed by atoms with Gasteiger partial charge in [-0.05, 0) is 44.0 Å². The SMILES string of the molecule is Cc1ccc(S(=O)(=O)Nc2ccc(N3CCCCCC3)nn2)cc1. The summed E-state index contributed by atoms with van der Waals surface area (Å²) >= 11 is 0. The van der Waals surface area contributed by atoms with Crippen LogP contribution in [0.4, 0.5) is 11.6 Å². The summed E-state index contributed by atoms with van der Waals surface area (Å²) in [6, 6.07) is 10.2. The Labute approximate surface area is 143 Å². The predicted octanol–water partition coefficient (Wildman–Crippen LogP) is 2.97. The van der Waals surface area contributed by atoms with Crippen LogP contribution in [0.15, 0.2) is 41.3 Å². The second-order valence-corrected chi connectivity index (χ2v) is 7.78. The van der Waals surface area contributed by atoms with Gasteiger partial charge in [-0.15, -0.1) is 10.2 Å². The molecule has 7 heteroatoms. The molecule has 1 aromatic heterocycles. The summed E-state index contributed by atoms with van der Waals surface area (Å²) in [5.41, 5.74) is 1.01. The largest absolute Gasteiger partial charge is 0.355 e. The van der Waals surface area contributed by atoms with Gasteiger partial charge in [0.25, 0.3) is 10.0 Å². The molecule has 2 heterocycles.